The third-order valence-electron chi connectivity index (χ3n) is 7.82. The normalized spacial score (nSPS) is 13.8. The number of non-ortho nitro benzene ring substituents is 1. The van der Waals surface area contributed by atoms with Crippen LogP contribution < -0.4 is 10.2 Å². The van der Waals surface area contributed by atoms with Crippen LogP contribution in [0.15, 0.2) is 60.8 Å². The summed E-state index contributed by atoms with van der Waals surface area (Å²) in [6, 6.07) is 13.4. The summed E-state index contributed by atoms with van der Waals surface area (Å²) >= 11 is 0. The predicted molar refractivity (Wildman–Crippen MR) is 173 cm³/mol. The van der Waals surface area contributed by atoms with Crippen molar-refractivity contribution >= 4 is 34.8 Å². The van der Waals surface area contributed by atoms with Crippen molar-refractivity contribution in [3.05, 3.63) is 82.2 Å². The lowest BCUT2D eigenvalue weighted by atomic mass is 10.1. The smallest absolute Gasteiger partial charge is 0.269 e. The first-order chi connectivity index (χ1) is 21.4. The van der Waals surface area contributed by atoms with E-state index in [0.717, 1.165) is 31.7 Å². The van der Waals surface area contributed by atoms with Gasteiger partial charge in [-0.05, 0) is 55.0 Å². The number of benzene rings is 2. The molecule has 1 aromatic heterocycles. The quantitative estimate of drug-likeness (QED) is 0.0658. The zero-order valence-electron chi connectivity index (χ0n) is 25.6. The van der Waals surface area contributed by atoms with Gasteiger partial charge in [0, 0.05) is 61.8 Å². The fourth-order valence-corrected chi connectivity index (χ4v) is 5.23. The van der Waals surface area contributed by atoms with E-state index in [1.807, 2.05) is 10.9 Å². The van der Waals surface area contributed by atoms with Crippen LogP contribution in [-0.4, -0.2) is 69.2 Å². The molecule has 2 heterocycles. The van der Waals surface area contributed by atoms with Gasteiger partial charge in [-0.15, -0.1) is 5.10 Å². The zero-order chi connectivity index (χ0) is 31.1. The first-order valence-corrected chi connectivity index (χ1v) is 15.7. The number of hydrogen-bond acceptors (Lipinski definition) is 8. The molecule has 4 rings (SSSR count). The van der Waals surface area contributed by atoms with E-state index in [9.17, 15) is 19.7 Å². The zero-order valence-corrected chi connectivity index (χ0v) is 25.6. The van der Waals surface area contributed by atoms with E-state index in [4.69, 9.17) is 0 Å². The van der Waals surface area contributed by atoms with Crippen molar-refractivity contribution in [2.24, 2.45) is 0 Å². The van der Waals surface area contributed by atoms with Crippen LogP contribution in [0, 0.1) is 10.1 Å². The highest BCUT2D eigenvalue weighted by Gasteiger charge is 2.20. The average molecular weight is 602 g/mol. The number of anilines is 2. The first kappa shape index (κ1) is 32.5. The summed E-state index contributed by atoms with van der Waals surface area (Å²) in [6.07, 6.45) is 15.1. The Morgan fingerprint density at radius 1 is 0.909 bits per heavy atom. The molecule has 11 heteroatoms. The number of piperazine rings is 1. The topological polar surface area (TPSA) is 126 Å². The van der Waals surface area contributed by atoms with Crippen molar-refractivity contribution in [2.75, 3.05) is 42.9 Å². The number of unbranched alkanes of at least 4 members (excludes halogenated alkanes) is 7. The number of allylic oxidation sites excluding steroid dienone is 1. The van der Waals surface area contributed by atoms with E-state index >= 15 is 0 Å². The number of ketones is 1. The van der Waals surface area contributed by atoms with Crippen LogP contribution in [0.2, 0.25) is 0 Å². The van der Waals surface area contributed by atoms with Gasteiger partial charge in [0.05, 0.1) is 17.7 Å². The molecule has 234 valence electrons. The minimum atomic E-state index is -0.406. The minimum absolute atomic E-state index is 0.0720. The molecule has 0 unspecified atom stereocenters. The number of rotatable bonds is 17. The monoisotopic (exact) mass is 601 g/mol. The number of carbonyl (C=O) groups is 2. The van der Waals surface area contributed by atoms with Crippen molar-refractivity contribution in [1.82, 2.24) is 19.9 Å². The number of nitro benzene ring substituents is 1. The van der Waals surface area contributed by atoms with Gasteiger partial charge in [-0.25, -0.2) is 0 Å². The van der Waals surface area contributed by atoms with E-state index in [-0.39, 0.29) is 23.9 Å². The van der Waals surface area contributed by atoms with Crippen molar-refractivity contribution < 1.29 is 14.5 Å². The Hall–Kier alpha value is -4.38. The van der Waals surface area contributed by atoms with Crippen LogP contribution in [0.1, 0.15) is 74.3 Å². The van der Waals surface area contributed by atoms with E-state index in [0.29, 0.717) is 30.0 Å². The molecule has 2 aromatic carbocycles. The molecule has 0 aliphatic carbocycles. The van der Waals surface area contributed by atoms with Gasteiger partial charge in [0.25, 0.3) is 5.69 Å². The number of nitrogens with zero attached hydrogens (tertiary/aromatic N) is 6. The average Bonchev–Trinajstić information content (AvgIpc) is 3.49. The van der Waals surface area contributed by atoms with Crippen LogP contribution >= 0.6 is 0 Å². The molecule has 1 aliphatic rings. The second-order valence-electron chi connectivity index (χ2n) is 11.2. The molecule has 0 spiro atoms. The fourth-order valence-electron chi connectivity index (χ4n) is 5.23. The van der Waals surface area contributed by atoms with Gasteiger partial charge < -0.3 is 10.2 Å². The molecule has 1 saturated heterocycles. The minimum Gasteiger partial charge on any atom is -0.369 e. The second kappa shape index (κ2) is 17.0. The molecule has 1 fully saturated rings. The maximum atomic E-state index is 12.7. The van der Waals surface area contributed by atoms with E-state index in [2.05, 4.69) is 32.4 Å². The van der Waals surface area contributed by atoms with Crippen molar-refractivity contribution in [2.45, 2.75) is 64.8 Å². The third-order valence-corrected chi connectivity index (χ3v) is 7.82. The highest BCUT2D eigenvalue weighted by atomic mass is 16.6. The number of hydrogen-bond donors (Lipinski definition) is 1. The SMILES string of the molecule is CCCCCCCCCCn1cc(/C=C/C(=O)c2ccc(NC(=O)CN3CCN(c4ccc([N+](=O)[O-])cc4)CC3)cc2)nn1. The van der Waals surface area contributed by atoms with Gasteiger partial charge >= 0.3 is 0 Å². The molecule has 0 bridgehead atoms. The fraction of sp³-hybridized carbons (Fsp3) is 0.455. The molecular weight excluding hydrogens is 558 g/mol. The summed E-state index contributed by atoms with van der Waals surface area (Å²) < 4.78 is 1.83. The standard InChI is InChI=1S/C33H43N7O4/c1-2-3-4-5-6-7-8-9-20-39-25-29(35-36-39)14-19-32(41)27-10-12-28(13-11-27)34-33(42)26-37-21-23-38(24-22-37)30-15-17-31(18-16-30)40(43)44/h10-19,25H,2-9,20-24,26H2,1H3,(H,34,42)/b19-14+. The molecule has 1 amide bonds. The summed E-state index contributed by atoms with van der Waals surface area (Å²) in [5.74, 6) is -0.269. The summed E-state index contributed by atoms with van der Waals surface area (Å²) in [5.41, 5.74) is 2.81. The molecule has 11 nitrogen and oxygen atoms in total. The Balaban J connectivity index is 1.14. The summed E-state index contributed by atoms with van der Waals surface area (Å²) in [6.45, 7) is 6.19. The summed E-state index contributed by atoms with van der Waals surface area (Å²) in [7, 11) is 0. The lowest BCUT2D eigenvalue weighted by Gasteiger charge is -2.35. The predicted octanol–water partition coefficient (Wildman–Crippen LogP) is 5.98. The molecule has 44 heavy (non-hydrogen) atoms. The maximum Gasteiger partial charge on any atom is 0.269 e. The van der Waals surface area contributed by atoms with Crippen LogP contribution in [0.25, 0.3) is 6.08 Å². The number of nitrogens with one attached hydrogen (secondary N) is 1. The Kier molecular flexibility index (Phi) is 12.6. The van der Waals surface area contributed by atoms with Crippen LogP contribution in [-0.2, 0) is 11.3 Å². The van der Waals surface area contributed by atoms with E-state index in [1.54, 1.807) is 42.5 Å². The van der Waals surface area contributed by atoms with Crippen LogP contribution in [0.5, 0.6) is 0 Å². The maximum absolute atomic E-state index is 12.7. The van der Waals surface area contributed by atoms with Crippen molar-refractivity contribution in [3.8, 4) is 0 Å². The van der Waals surface area contributed by atoms with Gasteiger partial charge in [-0.2, -0.15) is 0 Å². The Morgan fingerprint density at radius 2 is 1.57 bits per heavy atom. The Morgan fingerprint density at radius 3 is 2.23 bits per heavy atom. The van der Waals surface area contributed by atoms with Gasteiger partial charge in [0.2, 0.25) is 5.91 Å². The first-order valence-electron chi connectivity index (χ1n) is 15.7. The number of nitro groups is 1. The molecule has 3 aromatic rings. The van der Waals surface area contributed by atoms with Gasteiger partial charge in [0.15, 0.2) is 5.78 Å². The number of aryl methyl sites for hydroxylation is 1. The van der Waals surface area contributed by atoms with Crippen molar-refractivity contribution in [3.63, 3.8) is 0 Å². The molecule has 1 N–H and O–H groups in total. The largest absolute Gasteiger partial charge is 0.369 e. The molecule has 0 saturated carbocycles. The van der Waals surface area contributed by atoms with Crippen LogP contribution in [0.3, 0.4) is 0 Å². The van der Waals surface area contributed by atoms with Gasteiger partial charge in [-0.3, -0.25) is 29.3 Å². The van der Waals surface area contributed by atoms with Gasteiger partial charge in [-0.1, -0.05) is 57.1 Å². The van der Waals surface area contributed by atoms with E-state index in [1.165, 1.54) is 63.2 Å². The molecule has 1 aliphatic heterocycles. The third kappa shape index (κ3) is 10.4. The van der Waals surface area contributed by atoms with Crippen LogP contribution in [0.4, 0.5) is 17.1 Å². The number of carbonyl (C=O) groups excluding carboxylic acids is 2. The molecular formula is C33H43N7O4. The summed E-state index contributed by atoms with van der Waals surface area (Å²) in [5, 5.41) is 22.1. The van der Waals surface area contributed by atoms with Crippen molar-refractivity contribution in [1.29, 1.82) is 0 Å². The highest BCUT2D eigenvalue weighted by Crippen LogP contribution is 2.21. The lowest BCUT2D eigenvalue weighted by Crippen LogP contribution is -2.48. The molecule has 0 atom stereocenters. The molecule has 0 radical (unpaired) electrons. The van der Waals surface area contributed by atoms with E-state index < -0.39 is 4.92 Å². The summed E-state index contributed by atoms with van der Waals surface area (Å²) in [4.78, 5) is 40.0. The lowest BCUT2D eigenvalue weighted by molar-refractivity contribution is -0.384. The Bertz CT molecular complexity index is 1380. The number of amides is 1. The van der Waals surface area contributed by atoms with Gasteiger partial charge in [0.1, 0.15) is 5.69 Å². The Labute approximate surface area is 259 Å². The highest BCUT2D eigenvalue weighted by molar-refractivity contribution is 6.07. The number of aromatic nitrogens is 3. The second-order valence-corrected chi connectivity index (χ2v) is 11.2.